The standard InChI is InChI=1S/C19H12ClF4N3O4/c1-27-12(10-4-5-13(31-19(23)24)15(22)14(10)21)7-25-16(27)17(28)26-8-2-3-9(18(29)30)11(20)6-8/h2-7,19H,1H3,(H,26,28)(H,29,30). The summed E-state index contributed by atoms with van der Waals surface area (Å²) in [6, 6.07) is 5.58. The lowest BCUT2D eigenvalue weighted by atomic mass is 10.1. The minimum Gasteiger partial charge on any atom is -0.478 e. The Labute approximate surface area is 176 Å². The molecule has 3 aromatic rings. The van der Waals surface area contributed by atoms with Crippen LogP contribution in [-0.2, 0) is 7.05 Å². The molecular weight excluding hydrogens is 446 g/mol. The van der Waals surface area contributed by atoms with Crippen LogP contribution in [0.15, 0.2) is 36.5 Å². The van der Waals surface area contributed by atoms with E-state index < -0.39 is 35.9 Å². The topological polar surface area (TPSA) is 93.5 Å². The number of anilines is 1. The van der Waals surface area contributed by atoms with E-state index in [1.165, 1.54) is 25.2 Å². The first-order valence-electron chi connectivity index (χ1n) is 8.39. The van der Waals surface area contributed by atoms with Crippen LogP contribution in [0.4, 0.5) is 23.2 Å². The number of carbonyl (C=O) groups excluding carboxylic acids is 1. The van der Waals surface area contributed by atoms with Gasteiger partial charge in [-0.25, -0.2) is 14.2 Å². The van der Waals surface area contributed by atoms with E-state index in [1.807, 2.05) is 0 Å². The molecule has 0 fully saturated rings. The molecule has 0 aliphatic carbocycles. The number of aromatic carboxylic acids is 1. The predicted octanol–water partition coefficient (Wildman–Crippen LogP) is 4.57. The van der Waals surface area contributed by atoms with Gasteiger partial charge in [0.1, 0.15) is 0 Å². The lowest BCUT2D eigenvalue weighted by Gasteiger charge is -2.11. The van der Waals surface area contributed by atoms with Gasteiger partial charge in [-0.1, -0.05) is 11.6 Å². The minimum atomic E-state index is -3.33. The van der Waals surface area contributed by atoms with Gasteiger partial charge in [0.25, 0.3) is 5.91 Å². The van der Waals surface area contributed by atoms with Gasteiger partial charge in [-0.3, -0.25) is 4.79 Å². The third-order valence-corrected chi connectivity index (χ3v) is 4.50. The number of halogens is 5. The number of hydrogen-bond acceptors (Lipinski definition) is 4. The third-order valence-electron chi connectivity index (χ3n) is 4.19. The summed E-state index contributed by atoms with van der Waals surface area (Å²) in [5.41, 5.74) is -0.322. The third kappa shape index (κ3) is 4.45. The molecule has 0 unspecified atom stereocenters. The van der Waals surface area contributed by atoms with Crippen LogP contribution < -0.4 is 10.1 Å². The molecule has 12 heteroatoms. The Morgan fingerprint density at radius 3 is 2.52 bits per heavy atom. The van der Waals surface area contributed by atoms with Crippen LogP contribution in [0.25, 0.3) is 11.3 Å². The van der Waals surface area contributed by atoms with E-state index in [0.717, 1.165) is 22.9 Å². The molecule has 0 saturated heterocycles. The molecule has 0 radical (unpaired) electrons. The largest absolute Gasteiger partial charge is 0.478 e. The van der Waals surface area contributed by atoms with Crippen LogP contribution in [0.3, 0.4) is 0 Å². The molecule has 31 heavy (non-hydrogen) atoms. The van der Waals surface area contributed by atoms with Gasteiger partial charge >= 0.3 is 12.6 Å². The second-order valence-electron chi connectivity index (χ2n) is 6.10. The Morgan fingerprint density at radius 2 is 1.90 bits per heavy atom. The van der Waals surface area contributed by atoms with Crippen molar-refractivity contribution in [2.45, 2.75) is 6.61 Å². The molecule has 0 spiro atoms. The molecule has 0 atom stereocenters. The average molecular weight is 458 g/mol. The number of nitrogens with zero attached hydrogens (tertiary/aromatic N) is 2. The Morgan fingerprint density at radius 1 is 1.19 bits per heavy atom. The van der Waals surface area contributed by atoms with Crippen molar-refractivity contribution in [1.29, 1.82) is 0 Å². The molecule has 0 bridgehead atoms. The fourth-order valence-electron chi connectivity index (χ4n) is 2.74. The number of amides is 1. The van der Waals surface area contributed by atoms with Crippen molar-refractivity contribution in [3.8, 4) is 17.0 Å². The van der Waals surface area contributed by atoms with Crippen molar-refractivity contribution < 1.29 is 37.0 Å². The summed E-state index contributed by atoms with van der Waals surface area (Å²) in [4.78, 5) is 27.4. The number of aromatic nitrogens is 2. The first-order chi connectivity index (χ1) is 14.6. The summed E-state index contributed by atoms with van der Waals surface area (Å²) < 4.78 is 58.0. The number of carboxylic acid groups (broad SMARTS) is 1. The number of nitrogens with one attached hydrogen (secondary N) is 1. The molecule has 7 nitrogen and oxygen atoms in total. The van der Waals surface area contributed by atoms with Gasteiger partial charge in [0.05, 0.1) is 22.5 Å². The van der Waals surface area contributed by atoms with Crippen LogP contribution in [0, 0.1) is 11.6 Å². The van der Waals surface area contributed by atoms with Crippen molar-refractivity contribution in [3.05, 3.63) is 64.6 Å². The van der Waals surface area contributed by atoms with Crippen molar-refractivity contribution in [3.63, 3.8) is 0 Å². The number of alkyl halides is 2. The maximum absolute atomic E-state index is 14.4. The molecule has 162 valence electrons. The van der Waals surface area contributed by atoms with E-state index in [1.54, 1.807) is 0 Å². The van der Waals surface area contributed by atoms with Crippen molar-refractivity contribution in [2.75, 3.05) is 5.32 Å². The first kappa shape index (κ1) is 22.1. The van der Waals surface area contributed by atoms with Crippen molar-refractivity contribution in [2.24, 2.45) is 7.05 Å². The van der Waals surface area contributed by atoms with Crippen molar-refractivity contribution >= 4 is 29.2 Å². The zero-order valence-electron chi connectivity index (χ0n) is 15.5. The highest BCUT2D eigenvalue weighted by Gasteiger charge is 2.22. The maximum Gasteiger partial charge on any atom is 0.387 e. The summed E-state index contributed by atoms with van der Waals surface area (Å²) in [7, 11) is 1.36. The van der Waals surface area contributed by atoms with Crippen LogP contribution in [-0.4, -0.2) is 33.1 Å². The van der Waals surface area contributed by atoms with Gasteiger partial charge in [-0.05, 0) is 30.3 Å². The Kier molecular flexibility index (Phi) is 6.16. The number of hydrogen-bond donors (Lipinski definition) is 2. The Hall–Kier alpha value is -3.60. The fourth-order valence-corrected chi connectivity index (χ4v) is 3.00. The van der Waals surface area contributed by atoms with E-state index in [4.69, 9.17) is 16.7 Å². The molecule has 2 aromatic carbocycles. The molecule has 0 aliphatic heterocycles. The Bertz CT molecular complexity index is 1180. The SMILES string of the molecule is Cn1c(-c2ccc(OC(F)F)c(F)c2F)cnc1C(=O)Nc1ccc(C(=O)O)c(Cl)c1. The van der Waals surface area contributed by atoms with E-state index in [9.17, 15) is 27.2 Å². The van der Waals surface area contributed by atoms with Gasteiger partial charge in [0.15, 0.2) is 17.4 Å². The highest BCUT2D eigenvalue weighted by Crippen LogP contribution is 2.31. The number of carbonyl (C=O) groups is 2. The van der Waals surface area contributed by atoms with E-state index in [2.05, 4.69) is 15.0 Å². The van der Waals surface area contributed by atoms with Crippen LogP contribution in [0.5, 0.6) is 5.75 Å². The average Bonchev–Trinajstić information content (AvgIpc) is 3.06. The van der Waals surface area contributed by atoms with Gasteiger partial charge in [0.2, 0.25) is 5.82 Å². The zero-order chi connectivity index (χ0) is 22.9. The summed E-state index contributed by atoms with van der Waals surface area (Å²) in [6.45, 7) is -3.33. The smallest absolute Gasteiger partial charge is 0.387 e. The number of imidazole rings is 1. The number of ether oxygens (including phenoxy) is 1. The predicted molar refractivity (Wildman–Crippen MR) is 102 cm³/mol. The second kappa shape index (κ2) is 8.64. The van der Waals surface area contributed by atoms with E-state index in [0.29, 0.717) is 0 Å². The number of rotatable bonds is 6. The highest BCUT2D eigenvalue weighted by atomic mass is 35.5. The first-order valence-corrected chi connectivity index (χ1v) is 8.77. The monoisotopic (exact) mass is 457 g/mol. The molecule has 1 heterocycles. The minimum absolute atomic E-state index is 0.00981. The van der Waals surface area contributed by atoms with E-state index in [-0.39, 0.29) is 33.4 Å². The molecule has 2 N–H and O–H groups in total. The molecule has 0 aliphatic rings. The van der Waals surface area contributed by atoms with E-state index >= 15 is 0 Å². The lowest BCUT2D eigenvalue weighted by Crippen LogP contribution is -2.17. The highest BCUT2D eigenvalue weighted by molar-refractivity contribution is 6.33. The second-order valence-corrected chi connectivity index (χ2v) is 6.50. The normalized spacial score (nSPS) is 10.9. The number of benzene rings is 2. The van der Waals surface area contributed by atoms with Crippen LogP contribution >= 0.6 is 11.6 Å². The molecule has 0 saturated carbocycles. The maximum atomic E-state index is 14.4. The molecule has 3 rings (SSSR count). The fraction of sp³-hybridized carbons (Fsp3) is 0.105. The molecule has 1 amide bonds. The van der Waals surface area contributed by atoms with Gasteiger partial charge in [-0.2, -0.15) is 13.2 Å². The van der Waals surface area contributed by atoms with Crippen LogP contribution in [0.2, 0.25) is 5.02 Å². The molecular formula is C19H12ClF4N3O4. The zero-order valence-corrected chi connectivity index (χ0v) is 16.3. The van der Waals surface area contributed by atoms with Gasteiger partial charge in [0, 0.05) is 18.3 Å². The summed E-state index contributed by atoms with van der Waals surface area (Å²) in [6.07, 6.45) is 1.10. The summed E-state index contributed by atoms with van der Waals surface area (Å²) >= 11 is 5.86. The van der Waals surface area contributed by atoms with Crippen molar-refractivity contribution in [1.82, 2.24) is 9.55 Å². The Balaban J connectivity index is 1.88. The summed E-state index contributed by atoms with van der Waals surface area (Å²) in [5.74, 6) is -6.20. The lowest BCUT2D eigenvalue weighted by molar-refractivity contribution is -0.0525. The van der Waals surface area contributed by atoms with Gasteiger partial charge in [-0.15, -0.1) is 0 Å². The molecule has 1 aromatic heterocycles. The summed E-state index contributed by atoms with van der Waals surface area (Å²) in [5, 5.41) is 11.3. The van der Waals surface area contributed by atoms with Gasteiger partial charge < -0.3 is 19.7 Å². The van der Waals surface area contributed by atoms with Crippen LogP contribution in [0.1, 0.15) is 21.0 Å². The number of carboxylic acids is 1. The quantitative estimate of drug-likeness (QED) is 0.529.